The van der Waals surface area contributed by atoms with Gasteiger partial charge < -0.3 is 10.1 Å². The number of amides is 2. The molecule has 0 aliphatic rings. The van der Waals surface area contributed by atoms with E-state index in [1.165, 1.54) is 18.3 Å². The zero-order chi connectivity index (χ0) is 24.8. The van der Waals surface area contributed by atoms with E-state index < -0.39 is 23.6 Å². The molecule has 4 aromatic rings. The van der Waals surface area contributed by atoms with E-state index in [1.54, 1.807) is 24.3 Å². The number of hydrazone groups is 1. The van der Waals surface area contributed by atoms with E-state index in [2.05, 4.69) is 15.8 Å². The highest BCUT2D eigenvalue weighted by Gasteiger charge is 2.15. The molecule has 0 saturated heterocycles. The van der Waals surface area contributed by atoms with Gasteiger partial charge in [-0.1, -0.05) is 48.0 Å². The van der Waals surface area contributed by atoms with Gasteiger partial charge in [0.15, 0.2) is 0 Å². The Morgan fingerprint density at radius 1 is 0.857 bits per heavy atom. The number of benzene rings is 4. The average molecular weight is 469 g/mol. The highest BCUT2D eigenvalue weighted by Crippen LogP contribution is 2.27. The van der Waals surface area contributed by atoms with Gasteiger partial charge in [0.25, 0.3) is 0 Å². The number of esters is 1. The molecule has 0 aliphatic carbocycles. The van der Waals surface area contributed by atoms with Gasteiger partial charge in [-0.2, -0.15) is 5.10 Å². The van der Waals surface area contributed by atoms with E-state index >= 15 is 0 Å². The lowest BCUT2D eigenvalue weighted by atomic mass is 10.0. The van der Waals surface area contributed by atoms with Gasteiger partial charge in [-0.05, 0) is 60.2 Å². The molecule has 0 atom stereocenters. The molecule has 0 aromatic heterocycles. The number of ether oxygens (including phenoxy) is 1. The highest BCUT2D eigenvalue weighted by atomic mass is 19.1. The van der Waals surface area contributed by atoms with Crippen LogP contribution in [0.2, 0.25) is 0 Å². The van der Waals surface area contributed by atoms with Crippen LogP contribution < -0.4 is 15.5 Å². The lowest BCUT2D eigenvalue weighted by Gasteiger charge is -2.11. The molecule has 2 amide bonds. The third kappa shape index (κ3) is 5.75. The van der Waals surface area contributed by atoms with Crippen molar-refractivity contribution in [1.29, 1.82) is 0 Å². The summed E-state index contributed by atoms with van der Waals surface area (Å²) in [6.07, 6.45) is 1.31. The number of anilines is 1. The van der Waals surface area contributed by atoms with Gasteiger partial charge in [-0.25, -0.2) is 14.6 Å². The summed E-state index contributed by atoms with van der Waals surface area (Å²) >= 11 is 0. The first kappa shape index (κ1) is 23.3. The molecule has 0 radical (unpaired) electrons. The van der Waals surface area contributed by atoms with Crippen LogP contribution >= 0.6 is 0 Å². The minimum atomic E-state index is -1.02. The van der Waals surface area contributed by atoms with Crippen molar-refractivity contribution in [3.8, 4) is 5.75 Å². The normalized spacial score (nSPS) is 10.8. The second-order valence-electron chi connectivity index (χ2n) is 7.61. The summed E-state index contributed by atoms with van der Waals surface area (Å²) in [5.41, 5.74) is 4.26. The maximum atomic E-state index is 13.0. The molecular weight excluding hydrogens is 449 g/mol. The fourth-order valence-corrected chi connectivity index (χ4v) is 3.27. The molecular formula is C27H20FN3O4. The quantitative estimate of drug-likeness (QED) is 0.147. The van der Waals surface area contributed by atoms with Gasteiger partial charge in [0, 0.05) is 11.3 Å². The number of hydrogen-bond acceptors (Lipinski definition) is 5. The molecule has 2 N–H and O–H groups in total. The standard InChI is InChI=1S/C27H20FN3O4/c1-17-6-8-19(9-7-17)27(34)35-24-15-10-18-4-2-3-5-22(18)23(24)16-29-31-26(33)25(32)30-21-13-11-20(28)12-14-21/h2-16H,1H3,(H,30,32)(H,31,33). The summed E-state index contributed by atoms with van der Waals surface area (Å²) in [6.45, 7) is 1.92. The lowest BCUT2D eigenvalue weighted by molar-refractivity contribution is -0.136. The lowest BCUT2D eigenvalue weighted by Crippen LogP contribution is -2.32. The van der Waals surface area contributed by atoms with Crippen LogP contribution in [-0.4, -0.2) is 24.0 Å². The number of hydrogen-bond donors (Lipinski definition) is 2. The Balaban J connectivity index is 1.53. The largest absolute Gasteiger partial charge is 0.422 e. The summed E-state index contributed by atoms with van der Waals surface area (Å²) < 4.78 is 18.6. The molecule has 7 nitrogen and oxygen atoms in total. The number of carbonyl (C=O) groups is 3. The number of nitrogens with zero attached hydrogens (tertiary/aromatic N) is 1. The van der Waals surface area contributed by atoms with Gasteiger partial charge in [-0.3, -0.25) is 9.59 Å². The van der Waals surface area contributed by atoms with E-state index in [4.69, 9.17) is 4.74 Å². The highest BCUT2D eigenvalue weighted by molar-refractivity contribution is 6.39. The molecule has 0 saturated carbocycles. The van der Waals surface area contributed by atoms with Gasteiger partial charge in [0.05, 0.1) is 11.8 Å². The van der Waals surface area contributed by atoms with Crippen molar-refractivity contribution < 1.29 is 23.5 Å². The fourth-order valence-electron chi connectivity index (χ4n) is 3.27. The van der Waals surface area contributed by atoms with Crippen LogP contribution in [0.3, 0.4) is 0 Å². The van der Waals surface area contributed by atoms with Gasteiger partial charge >= 0.3 is 17.8 Å². The third-order valence-electron chi connectivity index (χ3n) is 5.09. The van der Waals surface area contributed by atoms with Crippen molar-refractivity contribution in [2.24, 2.45) is 5.10 Å². The Bertz CT molecular complexity index is 1430. The SMILES string of the molecule is Cc1ccc(C(=O)Oc2ccc3ccccc3c2C=NNC(=O)C(=O)Nc2ccc(F)cc2)cc1. The van der Waals surface area contributed by atoms with Crippen molar-refractivity contribution in [2.75, 3.05) is 5.32 Å². The molecule has 0 fully saturated rings. The number of halogens is 1. The Hall–Kier alpha value is -4.85. The summed E-state index contributed by atoms with van der Waals surface area (Å²) in [4.78, 5) is 36.9. The predicted molar refractivity (Wildman–Crippen MR) is 131 cm³/mol. The summed E-state index contributed by atoms with van der Waals surface area (Å²) in [7, 11) is 0. The van der Waals surface area contributed by atoms with Crippen LogP contribution in [-0.2, 0) is 9.59 Å². The average Bonchev–Trinajstić information content (AvgIpc) is 2.86. The topological polar surface area (TPSA) is 96.9 Å². The second-order valence-corrected chi connectivity index (χ2v) is 7.61. The maximum absolute atomic E-state index is 13.0. The van der Waals surface area contributed by atoms with Gasteiger partial charge in [-0.15, -0.1) is 0 Å². The van der Waals surface area contributed by atoms with E-state index in [-0.39, 0.29) is 11.4 Å². The molecule has 4 aromatic carbocycles. The van der Waals surface area contributed by atoms with Crippen LogP contribution in [0, 0.1) is 12.7 Å². The minimum Gasteiger partial charge on any atom is -0.422 e. The first-order valence-electron chi connectivity index (χ1n) is 10.6. The van der Waals surface area contributed by atoms with Crippen LogP contribution in [0.15, 0.2) is 90.0 Å². The van der Waals surface area contributed by atoms with E-state index in [0.717, 1.165) is 28.5 Å². The smallest absolute Gasteiger partial charge is 0.343 e. The Morgan fingerprint density at radius 3 is 2.31 bits per heavy atom. The molecule has 4 rings (SSSR count). The van der Waals surface area contributed by atoms with Crippen LogP contribution in [0.1, 0.15) is 21.5 Å². The molecule has 35 heavy (non-hydrogen) atoms. The Morgan fingerprint density at radius 2 is 1.57 bits per heavy atom. The molecule has 0 bridgehead atoms. The molecule has 8 heteroatoms. The zero-order valence-corrected chi connectivity index (χ0v) is 18.6. The Labute approximate surface area is 200 Å². The molecule has 174 valence electrons. The van der Waals surface area contributed by atoms with Crippen molar-refractivity contribution >= 4 is 40.5 Å². The van der Waals surface area contributed by atoms with Crippen molar-refractivity contribution in [1.82, 2.24) is 5.43 Å². The van der Waals surface area contributed by atoms with Crippen LogP contribution in [0.25, 0.3) is 10.8 Å². The summed E-state index contributed by atoms with van der Waals surface area (Å²) in [5.74, 6) is -2.77. The summed E-state index contributed by atoms with van der Waals surface area (Å²) in [6, 6.07) is 22.8. The van der Waals surface area contributed by atoms with Crippen LogP contribution in [0.4, 0.5) is 10.1 Å². The molecule has 0 unspecified atom stereocenters. The van der Waals surface area contributed by atoms with E-state index in [1.807, 2.05) is 43.3 Å². The predicted octanol–water partition coefficient (Wildman–Crippen LogP) is 4.60. The molecule has 0 aliphatic heterocycles. The minimum absolute atomic E-state index is 0.239. The number of aryl methyl sites for hydroxylation is 1. The van der Waals surface area contributed by atoms with Crippen molar-refractivity contribution in [2.45, 2.75) is 6.92 Å². The zero-order valence-electron chi connectivity index (χ0n) is 18.6. The van der Waals surface area contributed by atoms with Crippen molar-refractivity contribution in [3.05, 3.63) is 107 Å². The van der Waals surface area contributed by atoms with Crippen LogP contribution in [0.5, 0.6) is 5.75 Å². The number of fused-ring (bicyclic) bond motifs is 1. The number of nitrogens with one attached hydrogen (secondary N) is 2. The summed E-state index contributed by atoms with van der Waals surface area (Å²) in [5, 5.41) is 7.83. The van der Waals surface area contributed by atoms with Gasteiger partial charge in [0.2, 0.25) is 0 Å². The molecule has 0 spiro atoms. The first-order valence-corrected chi connectivity index (χ1v) is 10.6. The monoisotopic (exact) mass is 469 g/mol. The maximum Gasteiger partial charge on any atom is 0.343 e. The van der Waals surface area contributed by atoms with Crippen molar-refractivity contribution in [3.63, 3.8) is 0 Å². The third-order valence-corrected chi connectivity index (χ3v) is 5.09. The first-order chi connectivity index (χ1) is 16.9. The number of carbonyl (C=O) groups excluding carboxylic acids is 3. The Kier molecular flexibility index (Phi) is 6.92. The molecule has 0 heterocycles. The second kappa shape index (κ2) is 10.4. The van der Waals surface area contributed by atoms with Gasteiger partial charge in [0.1, 0.15) is 11.6 Å². The van der Waals surface area contributed by atoms with E-state index in [9.17, 15) is 18.8 Å². The number of rotatable bonds is 5. The van der Waals surface area contributed by atoms with E-state index in [0.29, 0.717) is 11.1 Å². The fraction of sp³-hybridized carbons (Fsp3) is 0.0370.